The Morgan fingerprint density at radius 3 is 2.17 bits per heavy atom. The van der Waals surface area contributed by atoms with Gasteiger partial charge in [-0.1, -0.05) is 53.6 Å². The molecule has 3 aromatic rings. The van der Waals surface area contributed by atoms with Crippen molar-refractivity contribution in [2.75, 3.05) is 0 Å². The van der Waals surface area contributed by atoms with Crippen LogP contribution in [0.25, 0.3) is 0 Å². The second-order valence-electron chi connectivity index (χ2n) is 5.76. The summed E-state index contributed by atoms with van der Waals surface area (Å²) in [5.41, 5.74) is 7.36. The number of aromatic nitrogens is 1. The molecule has 4 rings (SSSR count). The third-order valence-electron chi connectivity index (χ3n) is 3.80. The summed E-state index contributed by atoms with van der Waals surface area (Å²) >= 11 is 0. The Labute approximate surface area is 137 Å². The van der Waals surface area contributed by atoms with Gasteiger partial charge in [0, 0.05) is 18.8 Å². The molecule has 1 aliphatic rings. The molecule has 2 heteroatoms. The molecule has 0 radical (unpaired) electrons. The van der Waals surface area contributed by atoms with Crippen LogP contribution < -0.4 is 0 Å². The molecule has 2 aromatic carbocycles. The van der Waals surface area contributed by atoms with E-state index in [-0.39, 0.29) is 0 Å². The number of hydrogen-bond acceptors (Lipinski definition) is 2. The van der Waals surface area contributed by atoms with Gasteiger partial charge in [-0.25, -0.2) is 0 Å². The zero-order valence-corrected chi connectivity index (χ0v) is 13.5. The van der Waals surface area contributed by atoms with E-state index in [9.17, 15) is 0 Å². The van der Waals surface area contributed by atoms with E-state index in [4.69, 9.17) is 0 Å². The fourth-order valence-electron chi connectivity index (χ4n) is 2.58. The van der Waals surface area contributed by atoms with Crippen molar-refractivity contribution in [3.63, 3.8) is 0 Å². The van der Waals surface area contributed by atoms with Crippen molar-refractivity contribution in [2.24, 2.45) is 4.99 Å². The predicted octanol–water partition coefficient (Wildman–Crippen LogP) is 5.06. The summed E-state index contributed by atoms with van der Waals surface area (Å²) in [4.78, 5) is 8.68. The Morgan fingerprint density at radius 2 is 1.52 bits per heavy atom. The minimum atomic E-state index is 0.932. The summed E-state index contributed by atoms with van der Waals surface area (Å²) in [5.74, 6) is 0. The van der Waals surface area contributed by atoms with Gasteiger partial charge in [0.05, 0.1) is 11.4 Å². The maximum absolute atomic E-state index is 4.65. The zero-order chi connectivity index (χ0) is 16.1. The van der Waals surface area contributed by atoms with Gasteiger partial charge in [-0.05, 0) is 43.2 Å². The van der Waals surface area contributed by atoms with E-state index >= 15 is 0 Å². The number of aliphatic imine (C=N–C) groups is 1. The van der Waals surface area contributed by atoms with E-state index in [0.29, 0.717) is 0 Å². The molecule has 0 amide bonds. The molecule has 1 aliphatic heterocycles. The predicted molar refractivity (Wildman–Crippen MR) is 96.5 cm³/mol. The van der Waals surface area contributed by atoms with Gasteiger partial charge in [0.25, 0.3) is 0 Å². The van der Waals surface area contributed by atoms with E-state index in [1.54, 1.807) is 0 Å². The van der Waals surface area contributed by atoms with Crippen LogP contribution in [0.5, 0.6) is 0 Å². The minimum Gasteiger partial charge on any atom is -0.265 e. The highest BCUT2D eigenvalue weighted by molar-refractivity contribution is 6.06. The lowest BCUT2D eigenvalue weighted by Crippen LogP contribution is -1.99. The monoisotopic (exact) mass is 300 g/mol. The van der Waals surface area contributed by atoms with Crippen LogP contribution in [0.1, 0.15) is 22.3 Å². The number of hydrogen-bond donors (Lipinski definition) is 0. The first-order chi connectivity index (χ1) is 11.2. The van der Waals surface area contributed by atoms with E-state index in [1.165, 1.54) is 22.3 Å². The van der Waals surface area contributed by atoms with E-state index in [1.807, 2.05) is 42.7 Å². The first-order valence-electron chi connectivity index (χ1n) is 7.81. The maximum Gasteiger partial charge on any atom is 0.0669 e. The molecule has 0 bridgehead atoms. The third kappa shape index (κ3) is 3.92. The van der Waals surface area contributed by atoms with Gasteiger partial charge in [0.2, 0.25) is 0 Å². The van der Waals surface area contributed by atoms with Crippen molar-refractivity contribution < 1.29 is 0 Å². The largest absolute Gasteiger partial charge is 0.265 e. The van der Waals surface area contributed by atoms with Gasteiger partial charge in [-0.3, -0.25) is 9.98 Å². The molecule has 2 nitrogen and oxygen atoms in total. The number of aryl methyl sites for hydroxylation is 2. The molecule has 0 fully saturated rings. The summed E-state index contributed by atoms with van der Waals surface area (Å²) in [7, 11) is 0. The van der Waals surface area contributed by atoms with Gasteiger partial charge >= 0.3 is 0 Å². The SMILES string of the molecule is Cc1ccc2c(c1)CC(c1ccncc1)=N2.Cc1ccccc1. The number of fused-ring (bicyclic) bond motifs is 1. The molecule has 0 saturated carbocycles. The highest BCUT2D eigenvalue weighted by atomic mass is 14.8. The van der Waals surface area contributed by atoms with Crippen molar-refractivity contribution in [1.29, 1.82) is 0 Å². The topological polar surface area (TPSA) is 25.2 Å². The van der Waals surface area contributed by atoms with E-state index in [0.717, 1.165) is 17.8 Å². The summed E-state index contributed by atoms with van der Waals surface area (Å²) in [5, 5.41) is 0. The quantitative estimate of drug-likeness (QED) is 0.616. The summed E-state index contributed by atoms with van der Waals surface area (Å²) in [6.45, 7) is 4.20. The van der Waals surface area contributed by atoms with Gasteiger partial charge < -0.3 is 0 Å². The molecular weight excluding hydrogens is 280 g/mol. The van der Waals surface area contributed by atoms with Gasteiger partial charge in [0.1, 0.15) is 0 Å². The highest BCUT2D eigenvalue weighted by Gasteiger charge is 2.15. The van der Waals surface area contributed by atoms with Crippen LogP contribution in [-0.4, -0.2) is 10.7 Å². The first kappa shape index (κ1) is 15.2. The minimum absolute atomic E-state index is 0.932. The Kier molecular flexibility index (Phi) is 4.62. The average Bonchev–Trinajstić information content (AvgIpc) is 3.00. The number of benzene rings is 2. The smallest absolute Gasteiger partial charge is 0.0669 e. The van der Waals surface area contributed by atoms with Crippen molar-refractivity contribution in [1.82, 2.24) is 4.98 Å². The van der Waals surface area contributed by atoms with Crippen LogP contribution in [0.3, 0.4) is 0 Å². The lowest BCUT2D eigenvalue weighted by atomic mass is 10.0. The number of rotatable bonds is 1. The number of pyridine rings is 1. The lowest BCUT2D eigenvalue weighted by Gasteiger charge is -1.99. The van der Waals surface area contributed by atoms with Crippen molar-refractivity contribution >= 4 is 11.4 Å². The highest BCUT2D eigenvalue weighted by Crippen LogP contribution is 2.29. The Morgan fingerprint density at radius 1 is 0.783 bits per heavy atom. The molecule has 1 aromatic heterocycles. The van der Waals surface area contributed by atoms with Crippen molar-refractivity contribution in [3.8, 4) is 0 Å². The molecule has 23 heavy (non-hydrogen) atoms. The Bertz CT molecular complexity index is 806. The normalized spacial score (nSPS) is 12.0. The summed E-state index contributed by atoms with van der Waals surface area (Å²) in [6, 6.07) is 20.7. The first-order valence-corrected chi connectivity index (χ1v) is 7.81. The average molecular weight is 300 g/mol. The van der Waals surface area contributed by atoms with Crippen molar-refractivity contribution in [2.45, 2.75) is 20.3 Å². The molecule has 0 spiro atoms. The van der Waals surface area contributed by atoms with Crippen LogP contribution >= 0.6 is 0 Å². The number of nitrogens with zero attached hydrogens (tertiary/aromatic N) is 2. The molecular formula is C21H20N2. The van der Waals surface area contributed by atoms with Gasteiger partial charge in [0.15, 0.2) is 0 Å². The van der Waals surface area contributed by atoms with Crippen LogP contribution in [0.2, 0.25) is 0 Å². The summed E-state index contributed by atoms with van der Waals surface area (Å²) < 4.78 is 0. The van der Waals surface area contributed by atoms with Gasteiger partial charge in [-0.2, -0.15) is 0 Å². The third-order valence-corrected chi connectivity index (χ3v) is 3.80. The molecule has 0 saturated heterocycles. The standard InChI is InChI=1S/C14H12N2.C7H8/c1-10-2-3-13-12(8-10)9-14(16-13)11-4-6-15-7-5-11;1-7-5-3-2-4-6-7/h2-8H,9H2,1H3;2-6H,1H3. The van der Waals surface area contributed by atoms with E-state index < -0.39 is 0 Å². The van der Waals surface area contributed by atoms with Crippen LogP contribution in [0, 0.1) is 13.8 Å². The summed E-state index contributed by atoms with van der Waals surface area (Å²) in [6.07, 6.45) is 4.55. The molecule has 0 unspecified atom stereocenters. The zero-order valence-electron chi connectivity index (χ0n) is 13.5. The molecule has 0 aliphatic carbocycles. The fraction of sp³-hybridized carbons (Fsp3) is 0.143. The van der Waals surface area contributed by atoms with E-state index in [2.05, 4.69) is 54.2 Å². The molecule has 114 valence electrons. The Balaban J connectivity index is 0.000000188. The molecule has 0 N–H and O–H groups in total. The van der Waals surface area contributed by atoms with Gasteiger partial charge in [-0.15, -0.1) is 0 Å². The second-order valence-corrected chi connectivity index (χ2v) is 5.76. The lowest BCUT2D eigenvalue weighted by molar-refractivity contribution is 1.30. The second kappa shape index (κ2) is 7.01. The maximum atomic E-state index is 4.65. The Hall–Kier alpha value is -2.74. The van der Waals surface area contributed by atoms with Crippen LogP contribution in [-0.2, 0) is 6.42 Å². The van der Waals surface area contributed by atoms with Crippen LogP contribution in [0.4, 0.5) is 5.69 Å². The van der Waals surface area contributed by atoms with Crippen LogP contribution in [0.15, 0.2) is 78.0 Å². The van der Waals surface area contributed by atoms with Crippen molar-refractivity contribution in [3.05, 3.63) is 95.3 Å². The molecule has 0 atom stereocenters. The fourth-order valence-corrected chi connectivity index (χ4v) is 2.58. The molecule has 2 heterocycles.